The van der Waals surface area contributed by atoms with Crippen LogP contribution in [0.5, 0.6) is 0 Å². The lowest BCUT2D eigenvalue weighted by atomic mass is 10.1. The van der Waals surface area contributed by atoms with Crippen molar-refractivity contribution < 1.29 is 19.2 Å². The normalized spacial score (nSPS) is 17.6. The Labute approximate surface area is 161 Å². The van der Waals surface area contributed by atoms with Gasteiger partial charge in [0.05, 0.1) is 11.8 Å². The van der Waals surface area contributed by atoms with Gasteiger partial charge in [-0.1, -0.05) is 23.9 Å². The van der Waals surface area contributed by atoms with E-state index in [2.05, 4.69) is 16.0 Å². The Balaban J connectivity index is 1.41. The first-order valence-corrected chi connectivity index (χ1v) is 9.85. The van der Waals surface area contributed by atoms with E-state index in [0.29, 0.717) is 0 Å². The standard InChI is InChI=1S/C18H22N4O4S/c1-11(12-4-6-14(7-5-12)21-16(24)13-2-3-13)20-17(25)19-8-9-22-15(23)10-27-18(22)26/h4-7,11,13H,2-3,8-10H2,1H3,(H,21,24)(H2,19,20,25)/t11-/m0/s1. The fraction of sp³-hybridized carbons (Fsp3) is 0.444. The highest BCUT2D eigenvalue weighted by atomic mass is 32.2. The average molecular weight is 390 g/mol. The molecule has 0 spiro atoms. The van der Waals surface area contributed by atoms with Crippen molar-refractivity contribution in [3.63, 3.8) is 0 Å². The van der Waals surface area contributed by atoms with E-state index in [1.807, 2.05) is 31.2 Å². The summed E-state index contributed by atoms with van der Waals surface area (Å²) in [5.74, 6) is 0.147. The van der Waals surface area contributed by atoms with Crippen LogP contribution in [0, 0.1) is 5.92 Å². The van der Waals surface area contributed by atoms with E-state index in [1.165, 1.54) is 0 Å². The molecule has 5 amide bonds. The molecule has 27 heavy (non-hydrogen) atoms. The third-order valence-corrected chi connectivity index (χ3v) is 5.29. The lowest BCUT2D eigenvalue weighted by molar-refractivity contribution is -0.124. The van der Waals surface area contributed by atoms with Crippen LogP contribution in [0.1, 0.15) is 31.4 Å². The van der Waals surface area contributed by atoms with Crippen LogP contribution in [0.25, 0.3) is 0 Å². The zero-order valence-corrected chi connectivity index (χ0v) is 15.8. The largest absolute Gasteiger partial charge is 0.336 e. The Morgan fingerprint density at radius 1 is 1.22 bits per heavy atom. The van der Waals surface area contributed by atoms with Gasteiger partial charge in [0.15, 0.2) is 0 Å². The summed E-state index contributed by atoms with van der Waals surface area (Å²) in [5, 5.41) is 8.05. The summed E-state index contributed by atoms with van der Waals surface area (Å²) >= 11 is 0.973. The molecule has 1 saturated heterocycles. The first kappa shape index (κ1) is 19.2. The van der Waals surface area contributed by atoms with Crippen LogP contribution < -0.4 is 16.0 Å². The van der Waals surface area contributed by atoms with Crippen molar-refractivity contribution in [3.8, 4) is 0 Å². The molecule has 1 saturated carbocycles. The maximum Gasteiger partial charge on any atom is 0.315 e. The Morgan fingerprint density at radius 2 is 1.93 bits per heavy atom. The van der Waals surface area contributed by atoms with Crippen molar-refractivity contribution in [2.75, 3.05) is 24.2 Å². The van der Waals surface area contributed by atoms with Crippen molar-refractivity contribution in [1.82, 2.24) is 15.5 Å². The SMILES string of the molecule is C[C@H](NC(=O)NCCN1C(=O)CSC1=O)c1ccc(NC(=O)C2CC2)cc1. The molecule has 9 heteroatoms. The van der Waals surface area contributed by atoms with E-state index in [0.717, 1.165) is 40.8 Å². The summed E-state index contributed by atoms with van der Waals surface area (Å²) in [5.41, 5.74) is 1.64. The second-order valence-corrected chi connectivity index (χ2v) is 7.53. The van der Waals surface area contributed by atoms with Crippen LogP contribution in [0.15, 0.2) is 24.3 Å². The number of imide groups is 1. The van der Waals surface area contributed by atoms with Crippen molar-refractivity contribution >= 4 is 40.5 Å². The van der Waals surface area contributed by atoms with Crippen LogP contribution in [0.4, 0.5) is 15.3 Å². The van der Waals surface area contributed by atoms with Gasteiger partial charge in [0, 0.05) is 24.7 Å². The van der Waals surface area contributed by atoms with Gasteiger partial charge in [-0.3, -0.25) is 19.3 Å². The highest BCUT2D eigenvalue weighted by Crippen LogP contribution is 2.30. The maximum atomic E-state index is 12.0. The lowest BCUT2D eigenvalue weighted by Crippen LogP contribution is -2.42. The molecule has 2 aliphatic rings. The molecule has 0 unspecified atom stereocenters. The van der Waals surface area contributed by atoms with Gasteiger partial charge in [-0.15, -0.1) is 0 Å². The highest BCUT2D eigenvalue weighted by molar-refractivity contribution is 8.14. The van der Waals surface area contributed by atoms with E-state index in [4.69, 9.17) is 0 Å². The summed E-state index contributed by atoms with van der Waals surface area (Å²) in [7, 11) is 0. The molecule has 0 aromatic heterocycles. The zero-order valence-electron chi connectivity index (χ0n) is 15.0. The number of carbonyl (C=O) groups is 4. The third-order valence-electron chi connectivity index (χ3n) is 4.44. The number of anilines is 1. The van der Waals surface area contributed by atoms with Crippen LogP contribution in [-0.2, 0) is 9.59 Å². The molecule has 144 valence electrons. The number of nitrogens with one attached hydrogen (secondary N) is 3. The predicted octanol–water partition coefficient (Wildman–Crippen LogP) is 2.09. The molecule has 1 atom stereocenters. The van der Waals surface area contributed by atoms with Gasteiger partial charge in [0.2, 0.25) is 11.8 Å². The number of rotatable bonds is 7. The van der Waals surface area contributed by atoms with Gasteiger partial charge in [-0.05, 0) is 37.5 Å². The number of urea groups is 1. The molecule has 1 aromatic carbocycles. The van der Waals surface area contributed by atoms with Crippen LogP contribution >= 0.6 is 11.8 Å². The second-order valence-electron chi connectivity index (χ2n) is 6.61. The summed E-state index contributed by atoms with van der Waals surface area (Å²) in [6, 6.07) is 6.73. The quantitative estimate of drug-likeness (QED) is 0.661. The minimum atomic E-state index is -0.375. The summed E-state index contributed by atoms with van der Waals surface area (Å²) in [6.07, 6.45) is 1.91. The first-order chi connectivity index (χ1) is 12.9. The van der Waals surface area contributed by atoms with Crippen LogP contribution in [-0.4, -0.2) is 46.8 Å². The minimum Gasteiger partial charge on any atom is -0.336 e. The zero-order chi connectivity index (χ0) is 19.4. The molecule has 1 aliphatic carbocycles. The number of hydrogen-bond acceptors (Lipinski definition) is 5. The fourth-order valence-corrected chi connectivity index (χ4v) is 3.41. The van der Waals surface area contributed by atoms with Gasteiger partial charge in [0.25, 0.3) is 5.24 Å². The minimum absolute atomic E-state index is 0.0571. The van der Waals surface area contributed by atoms with Crippen molar-refractivity contribution in [3.05, 3.63) is 29.8 Å². The topological polar surface area (TPSA) is 108 Å². The molecular weight excluding hydrogens is 368 g/mol. The van der Waals surface area contributed by atoms with Gasteiger partial charge < -0.3 is 16.0 Å². The summed E-state index contributed by atoms with van der Waals surface area (Å²) < 4.78 is 0. The molecule has 8 nitrogen and oxygen atoms in total. The molecule has 1 aromatic rings. The van der Waals surface area contributed by atoms with Gasteiger partial charge in [-0.25, -0.2) is 4.79 Å². The van der Waals surface area contributed by atoms with Gasteiger partial charge in [0.1, 0.15) is 0 Å². The molecule has 1 heterocycles. The van der Waals surface area contributed by atoms with E-state index in [-0.39, 0.29) is 53.9 Å². The van der Waals surface area contributed by atoms with Crippen molar-refractivity contribution in [1.29, 1.82) is 0 Å². The average Bonchev–Trinajstić information content (AvgIpc) is 3.44. The van der Waals surface area contributed by atoms with E-state index < -0.39 is 0 Å². The molecular formula is C18H22N4O4S. The summed E-state index contributed by atoms with van der Waals surface area (Å²) in [4.78, 5) is 47.8. The summed E-state index contributed by atoms with van der Waals surface area (Å²) in [6.45, 7) is 2.21. The first-order valence-electron chi connectivity index (χ1n) is 8.86. The monoisotopic (exact) mass is 390 g/mol. The fourth-order valence-electron chi connectivity index (χ4n) is 2.65. The van der Waals surface area contributed by atoms with Crippen LogP contribution in [0.2, 0.25) is 0 Å². The molecule has 0 bridgehead atoms. The number of benzene rings is 1. The van der Waals surface area contributed by atoms with Crippen molar-refractivity contribution in [2.24, 2.45) is 5.92 Å². The molecule has 3 N–H and O–H groups in total. The number of carbonyl (C=O) groups excluding carboxylic acids is 4. The number of hydrogen-bond donors (Lipinski definition) is 3. The Bertz CT molecular complexity index is 732. The van der Waals surface area contributed by atoms with Crippen molar-refractivity contribution in [2.45, 2.75) is 25.8 Å². The van der Waals surface area contributed by atoms with Gasteiger partial charge >= 0.3 is 6.03 Å². The molecule has 1 aliphatic heterocycles. The molecule has 2 fully saturated rings. The third kappa shape index (κ3) is 5.22. The highest BCUT2D eigenvalue weighted by Gasteiger charge is 2.30. The molecule has 3 rings (SSSR count). The van der Waals surface area contributed by atoms with E-state index in [9.17, 15) is 19.2 Å². The number of amides is 5. The number of thioether (sulfide) groups is 1. The Hall–Kier alpha value is -2.55. The number of nitrogens with zero attached hydrogens (tertiary/aromatic N) is 1. The maximum absolute atomic E-state index is 12.0. The van der Waals surface area contributed by atoms with Crippen LogP contribution in [0.3, 0.4) is 0 Å². The second kappa shape index (κ2) is 8.43. The Kier molecular flexibility index (Phi) is 6.00. The predicted molar refractivity (Wildman–Crippen MR) is 102 cm³/mol. The molecule has 0 radical (unpaired) electrons. The Morgan fingerprint density at radius 3 is 2.52 bits per heavy atom. The van der Waals surface area contributed by atoms with E-state index >= 15 is 0 Å². The smallest absolute Gasteiger partial charge is 0.315 e. The van der Waals surface area contributed by atoms with Gasteiger partial charge in [-0.2, -0.15) is 0 Å². The van der Waals surface area contributed by atoms with E-state index in [1.54, 1.807) is 0 Å². The lowest BCUT2D eigenvalue weighted by Gasteiger charge is -2.17.